The van der Waals surface area contributed by atoms with Crippen LogP contribution in [0.2, 0.25) is 0 Å². The Morgan fingerprint density at radius 3 is 2.51 bits per heavy atom. The van der Waals surface area contributed by atoms with Crippen LogP contribution in [0.3, 0.4) is 0 Å². The van der Waals surface area contributed by atoms with E-state index in [9.17, 15) is 0 Å². The lowest BCUT2D eigenvalue weighted by Gasteiger charge is -2.12. The Balaban J connectivity index is 1.35. The number of methoxy groups -OCH3 is 2. The van der Waals surface area contributed by atoms with Crippen molar-refractivity contribution in [3.8, 4) is 27.8 Å². The molecular formula is C26H23N5O3S. The van der Waals surface area contributed by atoms with Crippen molar-refractivity contribution in [1.29, 1.82) is 0 Å². The minimum absolute atomic E-state index is 0.271. The molecule has 8 nitrogen and oxygen atoms in total. The molecule has 5 rings (SSSR count). The van der Waals surface area contributed by atoms with E-state index < -0.39 is 0 Å². The van der Waals surface area contributed by atoms with Crippen LogP contribution < -0.4 is 14.2 Å². The lowest BCUT2D eigenvalue weighted by molar-refractivity contribution is 0.268. The molecule has 0 fully saturated rings. The molecule has 0 atom stereocenters. The Hall–Kier alpha value is -4.11. The molecule has 9 heteroatoms. The monoisotopic (exact) mass is 485 g/mol. The number of nitrogens with zero attached hydrogens (tertiary/aromatic N) is 5. The Morgan fingerprint density at radius 2 is 1.77 bits per heavy atom. The Kier molecular flexibility index (Phi) is 6.49. The molecule has 176 valence electrons. The van der Waals surface area contributed by atoms with E-state index in [1.807, 2.05) is 49.8 Å². The number of pyridine rings is 4. The zero-order chi connectivity index (χ0) is 24.2. The minimum Gasteiger partial charge on any atom is -0.495 e. The van der Waals surface area contributed by atoms with E-state index >= 15 is 0 Å². The lowest BCUT2D eigenvalue weighted by Crippen LogP contribution is -2.03. The van der Waals surface area contributed by atoms with Gasteiger partial charge in [0, 0.05) is 36.8 Å². The average Bonchev–Trinajstić information content (AvgIpc) is 3.34. The summed E-state index contributed by atoms with van der Waals surface area (Å²) in [6, 6.07) is 9.67. The Bertz CT molecular complexity index is 1470. The van der Waals surface area contributed by atoms with E-state index in [0.29, 0.717) is 23.8 Å². The van der Waals surface area contributed by atoms with Crippen LogP contribution in [0.5, 0.6) is 17.4 Å². The van der Waals surface area contributed by atoms with Crippen molar-refractivity contribution in [3.63, 3.8) is 0 Å². The predicted molar refractivity (Wildman–Crippen MR) is 134 cm³/mol. The molecule has 0 aliphatic heterocycles. The molecule has 0 saturated carbocycles. The Morgan fingerprint density at radius 1 is 0.857 bits per heavy atom. The van der Waals surface area contributed by atoms with E-state index in [1.165, 1.54) is 0 Å². The van der Waals surface area contributed by atoms with Crippen LogP contribution >= 0.6 is 11.3 Å². The van der Waals surface area contributed by atoms with Gasteiger partial charge in [-0.15, -0.1) is 11.3 Å². The average molecular weight is 486 g/mol. The van der Waals surface area contributed by atoms with E-state index in [0.717, 1.165) is 43.3 Å². The van der Waals surface area contributed by atoms with Gasteiger partial charge in [-0.1, -0.05) is 0 Å². The van der Waals surface area contributed by atoms with Gasteiger partial charge in [-0.25, -0.2) is 9.97 Å². The fraction of sp³-hybridized carbons (Fsp3) is 0.192. The smallest absolute Gasteiger partial charge is 0.257 e. The molecule has 5 aromatic rings. The van der Waals surface area contributed by atoms with E-state index in [2.05, 4.69) is 26.0 Å². The summed E-state index contributed by atoms with van der Waals surface area (Å²) in [5.41, 5.74) is 5.53. The minimum atomic E-state index is 0.271. The maximum Gasteiger partial charge on any atom is 0.257 e. The largest absolute Gasteiger partial charge is 0.495 e. The molecule has 0 N–H and O–H groups in total. The highest BCUT2D eigenvalue weighted by atomic mass is 32.1. The molecule has 0 aromatic carbocycles. The van der Waals surface area contributed by atoms with Crippen molar-refractivity contribution in [2.24, 2.45) is 0 Å². The maximum atomic E-state index is 5.85. The summed E-state index contributed by atoms with van der Waals surface area (Å²) in [4.78, 5) is 23.5. The van der Waals surface area contributed by atoms with Crippen LogP contribution in [0.1, 0.15) is 21.8 Å². The fourth-order valence-electron chi connectivity index (χ4n) is 3.66. The van der Waals surface area contributed by atoms with Crippen molar-refractivity contribution >= 4 is 22.4 Å². The summed E-state index contributed by atoms with van der Waals surface area (Å²) >= 11 is 1.64. The van der Waals surface area contributed by atoms with Crippen LogP contribution in [0.15, 0.2) is 61.3 Å². The molecule has 0 aliphatic rings. The third-order valence-corrected chi connectivity index (χ3v) is 6.41. The molecule has 5 heterocycles. The zero-order valence-corrected chi connectivity index (χ0v) is 20.4. The third kappa shape index (κ3) is 5.04. The lowest BCUT2D eigenvalue weighted by atomic mass is 10.0. The molecule has 0 unspecified atom stereocenters. The summed E-state index contributed by atoms with van der Waals surface area (Å²) < 4.78 is 16.5. The standard InChI is InChI=1S/C26H23N5O3S/c1-16-28-14-24(35-16)19-10-22-25(30-12-19)18(6-7-27-22)8-17-9-23(33-3)26(31-11-17)34-15-20-4-5-21(32-2)13-29-20/h4-7,9-14H,8,15H2,1-3H3. The first kappa shape index (κ1) is 22.7. The van der Waals surface area contributed by atoms with Crippen LogP contribution in [0, 0.1) is 6.92 Å². The quantitative estimate of drug-likeness (QED) is 0.302. The first-order valence-electron chi connectivity index (χ1n) is 10.9. The number of hydrogen-bond acceptors (Lipinski definition) is 9. The summed E-state index contributed by atoms with van der Waals surface area (Å²) in [5.74, 6) is 1.67. The zero-order valence-electron chi connectivity index (χ0n) is 19.6. The summed E-state index contributed by atoms with van der Waals surface area (Å²) in [6.45, 7) is 2.26. The van der Waals surface area contributed by atoms with Gasteiger partial charge >= 0.3 is 0 Å². The molecule has 0 bridgehead atoms. The van der Waals surface area contributed by atoms with Crippen LogP contribution in [0.25, 0.3) is 21.5 Å². The number of ether oxygens (including phenoxy) is 3. The van der Waals surface area contributed by atoms with Crippen molar-refractivity contribution < 1.29 is 14.2 Å². The third-order valence-electron chi connectivity index (χ3n) is 5.45. The highest BCUT2D eigenvalue weighted by Gasteiger charge is 2.12. The normalized spacial score (nSPS) is 10.9. The molecule has 0 saturated heterocycles. The van der Waals surface area contributed by atoms with Gasteiger partial charge in [0.25, 0.3) is 5.88 Å². The van der Waals surface area contributed by atoms with Gasteiger partial charge in [0.05, 0.1) is 47.0 Å². The van der Waals surface area contributed by atoms with Gasteiger partial charge < -0.3 is 14.2 Å². The Labute approximate surface area is 206 Å². The molecule has 5 aromatic heterocycles. The molecule has 0 spiro atoms. The first-order chi connectivity index (χ1) is 17.1. The summed E-state index contributed by atoms with van der Waals surface area (Å²) in [6.07, 6.45) is 9.64. The van der Waals surface area contributed by atoms with Crippen molar-refractivity contribution in [1.82, 2.24) is 24.9 Å². The van der Waals surface area contributed by atoms with Gasteiger partial charge in [-0.05, 0) is 48.4 Å². The SMILES string of the molecule is COc1ccc(COc2ncc(Cc3ccnc4cc(-c5cnc(C)s5)cnc34)cc2OC)nc1. The number of fused-ring (bicyclic) bond motifs is 1. The number of aryl methyl sites for hydroxylation is 1. The number of hydrogen-bond donors (Lipinski definition) is 0. The first-order valence-corrected chi connectivity index (χ1v) is 11.8. The predicted octanol–water partition coefficient (Wildman–Crippen LogP) is 5.04. The van der Waals surface area contributed by atoms with Crippen molar-refractivity contribution in [3.05, 3.63) is 83.1 Å². The highest BCUT2D eigenvalue weighted by Crippen LogP contribution is 2.30. The fourth-order valence-corrected chi connectivity index (χ4v) is 4.42. The second kappa shape index (κ2) is 10.0. The van der Waals surface area contributed by atoms with Crippen molar-refractivity contribution in [2.45, 2.75) is 20.0 Å². The summed E-state index contributed by atoms with van der Waals surface area (Å²) in [7, 11) is 3.21. The van der Waals surface area contributed by atoms with Gasteiger partial charge in [-0.2, -0.15) is 0 Å². The van der Waals surface area contributed by atoms with E-state index in [-0.39, 0.29) is 6.61 Å². The highest BCUT2D eigenvalue weighted by molar-refractivity contribution is 7.15. The molecule has 0 aliphatic carbocycles. The second-order valence-electron chi connectivity index (χ2n) is 7.81. The van der Waals surface area contributed by atoms with E-state index in [4.69, 9.17) is 19.2 Å². The molecular weight excluding hydrogens is 462 g/mol. The molecule has 0 amide bonds. The van der Waals surface area contributed by atoms with Crippen LogP contribution in [-0.4, -0.2) is 39.1 Å². The van der Waals surface area contributed by atoms with Crippen LogP contribution in [0.4, 0.5) is 0 Å². The summed E-state index contributed by atoms with van der Waals surface area (Å²) in [5, 5.41) is 1.02. The van der Waals surface area contributed by atoms with Crippen LogP contribution in [-0.2, 0) is 13.0 Å². The van der Waals surface area contributed by atoms with Crippen molar-refractivity contribution in [2.75, 3.05) is 14.2 Å². The van der Waals surface area contributed by atoms with Gasteiger partial charge in [0.1, 0.15) is 12.4 Å². The number of thiazole rings is 1. The topological polar surface area (TPSA) is 92.1 Å². The van der Waals surface area contributed by atoms with Gasteiger partial charge in [0.2, 0.25) is 0 Å². The molecule has 35 heavy (non-hydrogen) atoms. The second-order valence-corrected chi connectivity index (χ2v) is 9.05. The number of aromatic nitrogens is 5. The van der Waals surface area contributed by atoms with E-state index in [1.54, 1.807) is 38.0 Å². The molecule has 0 radical (unpaired) electrons. The number of rotatable bonds is 8. The maximum absolute atomic E-state index is 5.85. The van der Waals surface area contributed by atoms with Gasteiger partial charge in [0.15, 0.2) is 5.75 Å². The van der Waals surface area contributed by atoms with Gasteiger partial charge in [-0.3, -0.25) is 15.0 Å².